The number of rotatable bonds is 6. The van der Waals surface area contributed by atoms with Crippen LogP contribution in [0.4, 0.5) is 0 Å². The Kier molecular flexibility index (Phi) is 4.99. The highest BCUT2D eigenvalue weighted by molar-refractivity contribution is 6.30. The maximum Gasteiger partial charge on any atom is 0.272 e. The van der Waals surface area contributed by atoms with E-state index < -0.39 is 6.04 Å². The average Bonchev–Trinajstić information content (AvgIpc) is 3.33. The van der Waals surface area contributed by atoms with Gasteiger partial charge in [-0.2, -0.15) is 5.10 Å². The molecule has 0 saturated heterocycles. The zero-order valence-electron chi connectivity index (χ0n) is 15.0. The Hall–Kier alpha value is -3.32. The van der Waals surface area contributed by atoms with Gasteiger partial charge in [-0.25, -0.2) is 9.67 Å². The molecule has 0 saturated carbocycles. The van der Waals surface area contributed by atoms with Gasteiger partial charge in [0.15, 0.2) is 12.3 Å². The van der Waals surface area contributed by atoms with Gasteiger partial charge in [0.25, 0.3) is 5.91 Å². The van der Waals surface area contributed by atoms with Crippen LogP contribution in [0.3, 0.4) is 0 Å². The van der Waals surface area contributed by atoms with Crippen LogP contribution < -0.4 is 10.1 Å². The number of carbonyl (C=O) groups is 1. The summed E-state index contributed by atoms with van der Waals surface area (Å²) < 4.78 is 12.8. The molecule has 1 atom stereocenters. The predicted octanol–water partition coefficient (Wildman–Crippen LogP) is 4.21. The molecule has 2 heterocycles. The lowest BCUT2D eigenvalue weighted by molar-refractivity contribution is 0.0927. The molecule has 8 heteroatoms. The van der Waals surface area contributed by atoms with Crippen LogP contribution in [0.5, 0.6) is 5.75 Å². The minimum Gasteiger partial charge on any atom is -0.471 e. The van der Waals surface area contributed by atoms with Crippen molar-refractivity contribution in [3.8, 4) is 5.75 Å². The highest BCUT2D eigenvalue weighted by atomic mass is 35.5. The maximum absolute atomic E-state index is 12.5. The molecule has 2 aromatic heterocycles. The van der Waals surface area contributed by atoms with Crippen LogP contribution in [0.25, 0.3) is 11.1 Å². The zero-order valence-corrected chi connectivity index (χ0v) is 15.8. The van der Waals surface area contributed by atoms with E-state index in [1.165, 1.54) is 4.68 Å². The molecule has 0 radical (unpaired) electrons. The first-order valence-corrected chi connectivity index (χ1v) is 9.04. The average molecular weight is 397 g/mol. The van der Waals surface area contributed by atoms with Gasteiger partial charge in [0.2, 0.25) is 5.89 Å². The van der Waals surface area contributed by atoms with E-state index in [4.69, 9.17) is 20.8 Å². The number of benzene rings is 2. The molecule has 0 aliphatic heterocycles. The summed E-state index contributed by atoms with van der Waals surface area (Å²) in [4.78, 5) is 16.9. The highest BCUT2D eigenvalue weighted by Crippen LogP contribution is 2.20. The number of ether oxygens (including phenoxy) is 1. The minimum atomic E-state index is -0.396. The number of halogens is 1. The van der Waals surface area contributed by atoms with E-state index in [-0.39, 0.29) is 18.3 Å². The van der Waals surface area contributed by atoms with Gasteiger partial charge in [0.05, 0.1) is 0 Å². The van der Waals surface area contributed by atoms with Crippen molar-refractivity contribution in [2.45, 2.75) is 19.7 Å². The Morgan fingerprint density at radius 3 is 2.93 bits per heavy atom. The first kappa shape index (κ1) is 18.1. The number of nitrogens with zero attached hydrogens (tertiary/aromatic N) is 3. The summed E-state index contributed by atoms with van der Waals surface area (Å²) in [6.45, 7) is 1.97. The lowest BCUT2D eigenvalue weighted by Crippen LogP contribution is -2.27. The number of hydrogen-bond donors (Lipinski definition) is 1. The van der Waals surface area contributed by atoms with Crippen LogP contribution in [0, 0.1) is 0 Å². The fourth-order valence-corrected chi connectivity index (χ4v) is 2.84. The van der Waals surface area contributed by atoms with Crippen molar-refractivity contribution in [3.63, 3.8) is 0 Å². The molecule has 2 aromatic carbocycles. The summed E-state index contributed by atoms with van der Waals surface area (Å²) in [5.41, 5.74) is 1.71. The van der Waals surface area contributed by atoms with Gasteiger partial charge in [0, 0.05) is 11.2 Å². The van der Waals surface area contributed by atoms with Crippen molar-refractivity contribution in [3.05, 3.63) is 77.4 Å². The number of aromatic nitrogens is 3. The number of para-hydroxylation sites is 2. The van der Waals surface area contributed by atoms with E-state index in [2.05, 4.69) is 15.4 Å². The monoisotopic (exact) mass is 396 g/mol. The van der Waals surface area contributed by atoms with Crippen LogP contribution in [0.1, 0.15) is 29.3 Å². The molecule has 7 nitrogen and oxygen atoms in total. The van der Waals surface area contributed by atoms with Gasteiger partial charge < -0.3 is 14.5 Å². The molecule has 0 fully saturated rings. The van der Waals surface area contributed by atoms with Crippen molar-refractivity contribution >= 4 is 28.6 Å². The van der Waals surface area contributed by atoms with Gasteiger partial charge in [-0.3, -0.25) is 4.79 Å². The predicted molar refractivity (Wildman–Crippen MR) is 104 cm³/mol. The third-order valence-corrected chi connectivity index (χ3v) is 4.30. The van der Waals surface area contributed by atoms with Crippen molar-refractivity contribution in [1.29, 1.82) is 0 Å². The first-order chi connectivity index (χ1) is 13.6. The zero-order chi connectivity index (χ0) is 19.5. The van der Waals surface area contributed by atoms with E-state index in [0.29, 0.717) is 22.2 Å². The molecular weight excluding hydrogens is 380 g/mol. The second kappa shape index (κ2) is 7.74. The van der Waals surface area contributed by atoms with Crippen LogP contribution in [0.15, 0.2) is 65.2 Å². The quantitative estimate of drug-likeness (QED) is 0.528. The van der Waals surface area contributed by atoms with E-state index in [9.17, 15) is 4.79 Å². The normalized spacial score (nSPS) is 12.1. The Balaban J connectivity index is 1.38. The van der Waals surface area contributed by atoms with Crippen molar-refractivity contribution in [2.24, 2.45) is 0 Å². The van der Waals surface area contributed by atoms with E-state index in [1.54, 1.807) is 36.5 Å². The number of oxazole rings is 1. The fourth-order valence-electron chi connectivity index (χ4n) is 2.66. The molecule has 0 aliphatic rings. The number of carbonyl (C=O) groups excluding carboxylic acids is 1. The Morgan fingerprint density at radius 1 is 1.25 bits per heavy atom. The maximum atomic E-state index is 12.5. The van der Waals surface area contributed by atoms with Crippen LogP contribution in [0.2, 0.25) is 5.02 Å². The number of amides is 1. The number of hydrogen-bond acceptors (Lipinski definition) is 5. The lowest BCUT2D eigenvalue weighted by atomic mass is 10.3. The number of nitrogens with one attached hydrogen (secondary N) is 1. The summed E-state index contributed by atoms with van der Waals surface area (Å²) in [6.07, 6.45) is 1.67. The molecule has 4 rings (SSSR count). The van der Waals surface area contributed by atoms with Gasteiger partial charge in [-0.15, -0.1) is 0 Å². The molecular formula is C20H17ClN4O3. The van der Waals surface area contributed by atoms with Gasteiger partial charge >= 0.3 is 0 Å². The largest absolute Gasteiger partial charge is 0.471 e. The molecule has 1 N–H and O–H groups in total. The summed E-state index contributed by atoms with van der Waals surface area (Å²) in [5.74, 6) is 0.744. The minimum absolute atomic E-state index is 0.161. The van der Waals surface area contributed by atoms with Crippen LogP contribution >= 0.6 is 11.6 Å². The molecule has 4 aromatic rings. The fraction of sp³-hybridized carbons (Fsp3) is 0.150. The Labute approximate surface area is 165 Å². The second-order valence-corrected chi connectivity index (χ2v) is 6.62. The van der Waals surface area contributed by atoms with Crippen molar-refractivity contribution < 1.29 is 13.9 Å². The van der Waals surface area contributed by atoms with Gasteiger partial charge in [0.1, 0.15) is 23.0 Å². The van der Waals surface area contributed by atoms with Gasteiger partial charge in [-0.05, 0) is 43.3 Å². The highest BCUT2D eigenvalue weighted by Gasteiger charge is 2.18. The molecule has 142 valence electrons. The van der Waals surface area contributed by atoms with E-state index in [1.807, 2.05) is 31.2 Å². The third-order valence-electron chi connectivity index (χ3n) is 4.06. The first-order valence-electron chi connectivity index (χ1n) is 8.66. The lowest BCUT2D eigenvalue weighted by Gasteiger charge is -2.09. The van der Waals surface area contributed by atoms with E-state index in [0.717, 1.165) is 5.52 Å². The molecule has 0 spiro atoms. The van der Waals surface area contributed by atoms with Crippen molar-refractivity contribution in [1.82, 2.24) is 20.1 Å². The topological polar surface area (TPSA) is 82.2 Å². The smallest absolute Gasteiger partial charge is 0.272 e. The van der Waals surface area contributed by atoms with Gasteiger partial charge in [-0.1, -0.05) is 29.8 Å². The SMILES string of the molecule is CC(NC(=O)c1ccn(COc2cccc(Cl)c2)n1)c1nc2ccccc2o1. The summed E-state index contributed by atoms with van der Waals surface area (Å²) in [5, 5.41) is 7.66. The van der Waals surface area contributed by atoms with Crippen LogP contribution in [-0.4, -0.2) is 20.7 Å². The third kappa shape index (κ3) is 3.99. The summed E-state index contributed by atoms with van der Waals surface area (Å²) in [7, 11) is 0. The van der Waals surface area contributed by atoms with Crippen molar-refractivity contribution in [2.75, 3.05) is 0 Å². The summed E-state index contributed by atoms with van der Waals surface area (Å²) in [6, 6.07) is 15.7. The Morgan fingerprint density at radius 2 is 2.11 bits per heavy atom. The molecule has 0 aliphatic carbocycles. The molecule has 28 heavy (non-hydrogen) atoms. The molecule has 1 amide bonds. The van der Waals surface area contributed by atoms with E-state index >= 15 is 0 Å². The summed E-state index contributed by atoms with van der Waals surface area (Å²) >= 11 is 5.93. The standard InChI is InChI=1S/C20H17ClN4O3/c1-13(20-23-16-7-2-3-8-18(16)28-20)22-19(26)17-9-10-25(24-17)12-27-15-6-4-5-14(21)11-15/h2-11,13H,12H2,1H3,(H,22,26). The Bertz CT molecular complexity index is 1090. The van der Waals surface area contributed by atoms with Crippen LogP contribution in [-0.2, 0) is 6.73 Å². The second-order valence-electron chi connectivity index (χ2n) is 6.19. The molecule has 1 unspecified atom stereocenters. The molecule has 0 bridgehead atoms. The number of fused-ring (bicyclic) bond motifs is 1.